The van der Waals surface area contributed by atoms with Crippen molar-refractivity contribution in [2.24, 2.45) is 0 Å². The minimum atomic E-state index is -4.37. The number of benzene rings is 2. The monoisotopic (exact) mass is 337 g/mol. The molecule has 118 valence electrons. The second-order valence-electron chi connectivity index (χ2n) is 4.93. The number of halogens is 4. The fraction of sp³-hybridized carbons (Fsp3) is 0.0625. The molecule has 0 aliphatic rings. The van der Waals surface area contributed by atoms with Crippen LogP contribution in [0.1, 0.15) is 5.56 Å². The summed E-state index contributed by atoms with van der Waals surface area (Å²) in [4.78, 5) is 7.10. The summed E-state index contributed by atoms with van der Waals surface area (Å²) in [5.74, 6) is 0.185. The molecular formula is C16H11ClF3N3. The average Bonchev–Trinajstić information content (AvgIpc) is 2.89. The van der Waals surface area contributed by atoms with Crippen LogP contribution in [0.2, 0.25) is 5.02 Å². The van der Waals surface area contributed by atoms with Gasteiger partial charge in [0.2, 0.25) is 0 Å². The fourth-order valence-electron chi connectivity index (χ4n) is 2.24. The standard InChI is InChI=1S/C16H11ClF3N3/c17-12-7-3-10(4-8-12)14-13(22-15(21)23-14)9-1-5-11(6-2-9)16(18,19)20/h1-8H,(H3,21,22,23). The molecule has 0 atom stereocenters. The van der Waals surface area contributed by atoms with Gasteiger partial charge in [-0.2, -0.15) is 13.2 Å². The molecular weight excluding hydrogens is 327 g/mol. The first-order valence-electron chi connectivity index (χ1n) is 6.63. The molecule has 0 saturated carbocycles. The van der Waals surface area contributed by atoms with Gasteiger partial charge in [0.25, 0.3) is 0 Å². The zero-order chi connectivity index (χ0) is 16.6. The van der Waals surface area contributed by atoms with Crippen molar-refractivity contribution in [3.8, 4) is 22.5 Å². The van der Waals surface area contributed by atoms with Gasteiger partial charge < -0.3 is 10.7 Å². The molecule has 0 spiro atoms. The zero-order valence-electron chi connectivity index (χ0n) is 11.7. The summed E-state index contributed by atoms with van der Waals surface area (Å²) in [6.45, 7) is 0. The highest BCUT2D eigenvalue weighted by Gasteiger charge is 2.30. The van der Waals surface area contributed by atoms with Crippen molar-refractivity contribution in [2.75, 3.05) is 5.73 Å². The van der Waals surface area contributed by atoms with E-state index >= 15 is 0 Å². The maximum absolute atomic E-state index is 12.7. The summed E-state index contributed by atoms with van der Waals surface area (Å²) in [6.07, 6.45) is -4.37. The number of nitrogens with one attached hydrogen (secondary N) is 1. The van der Waals surface area contributed by atoms with Gasteiger partial charge in [0.15, 0.2) is 5.95 Å². The van der Waals surface area contributed by atoms with Gasteiger partial charge in [0.1, 0.15) is 0 Å². The Kier molecular flexibility index (Phi) is 3.77. The van der Waals surface area contributed by atoms with Crippen LogP contribution in [0, 0.1) is 0 Å². The fourth-order valence-corrected chi connectivity index (χ4v) is 2.37. The summed E-state index contributed by atoms with van der Waals surface area (Å²) >= 11 is 5.86. The molecule has 3 N–H and O–H groups in total. The van der Waals surface area contributed by atoms with Crippen LogP contribution < -0.4 is 5.73 Å². The van der Waals surface area contributed by atoms with Crippen LogP contribution in [-0.2, 0) is 6.18 Å². The van der Waals surface area contributed by atoms with Crippen molar-refractivity contribution < 1.29 is 13.2 Å². The molecule has 0 fully saturated rings. The second kappa shape index (κ2) is 5.62. The van der Waals surface area contributed by atoms with Crippen LogP contribution in [0.4, 0.5) is 19.1 Å². The van der Waals surface area contributed by atoms with E-state index in [2.05, 4.69) is 9.97 Å². The van der Waals surface area contributed by atoms with E-state index in [1.54, 1.807) is 24.3 Å². The van der Waals surface area contributed by atoms with E-state index in [0.717, 1.165) is 17.7 Å². The summed E-state index contributed by atoms with van der Waals surface area (Å²) in [6, 6.07) is 11.8. The number of aromatic nitrogens is 2. The van der Waals surface area contributed by atoms with Crippen molar-refractivity contribution in [1.82, 2.24) is 9.97 Å². The van der Waals surface area contributed by atoms with Crippen molar-refractivity contribution in [3.05, 3.63) is 59.1 Å². The largest absolute Gasteiger partial charge is 0.416 e. The predicted molar refractivity (Wildman–Crippen MR) is 83.9 cm³/mol. The van der Waals surface area contributed by atoms with Crippen LogP contribution >= 0.6 is 11.6 Å². The lowest BCUT2D eigenvalue weighted by atomic mass is 10.0. The quantitative estimate of drug-likeness (QED) is 0.691. The van der Waals surface area contributed by atoms with Gasteiger partial charge in [0.05, 0.1) is 17.0 Å². The molecule has 0 radical (unpaired) electrons. The van der Waals surface area contributed by atoms with E-state index in [9.17, 15) is 13.2 Å². The number of anilines is 1. The SMILES string of the molecule is Nc1nc(-c2ccc(Cl)cc2)c(-c2ccc(C(F)(F)F)cc2)[nH]1. The first-order valence-corrected chi connectivity index (χ1v) is 7.01. The number of rotatable bonds is 2. The van der Waals surface area contributed by atoms with E-state index in [4.69, 9.17) is 17.3 Å². The van der Waals surface area contributed by atoms with E-state index in [1.165, 1.54) is 12.1 Å². The van der Waals surface area contributed by atoms with E-state index < -0.39 is 11.7 Å². The number of hydrogen-bond acceptors (Lipinski definition) is 2. The molecule has 3 rings (SSSR count). The summed E-state index contributed by atoms with van der Waals surface area (Å²) in [5.41, 5.74) is 7.44. The zero-order valence-corrected chi connectivity index (χ0v) is 12.4. The van der Waals surface area contributed by atoms with Crippen LogP contribution in [0.5, 0.6) is 0 Å². The number of imidazole rings is 1. The van der Waals surface area contributed by atoms with Gasteiger partial charge in [-0.25, -0.2) is 4.98 Å². The molecule has 0 amide bonds. The molecule has 1 heterocycles. The Hall–Kier alpha value is -2.47. The minimum Gasteiger partial charge on any atom is -0.369 e. The molecule has 7 heteroatoms. The van der Waals surface area contributed by atoms with Gasteiger partial charge in [-0.3, -0.25) is 0 Å². The summed E-state index contributed by atoms with van der Waals surface area (Å²) in [5, 5.41) is 0.577. The van der Waals surface area contributed by atoms with Crippen LogP contribution in [0.15, 0.2) is 48.5 Å². The Balaban J connectivity index is 2.05. The molecule has 0 aliphatic heterocycles. The Bertz CT molecular complexity index is 821. The van der Waals surface area contributed by atoms with Crippen molar-refractivity contribution in [3.63, 3.8) is 0 Å². The molecule has 3 nitrogen and oxygen atoms in total. The smallest absolute Gasteiger partial charge is 0.369 e. The number of nitrogens with two attached hydrogens (primary N) is 1. The van der Waals surface area contributed by atoms with Crippen LogP contribution in [0.25, 0.3) is 22.5 Å². The molecule has 0 saturated heterocycles. The second-order valence-corrected chi connectivity index (χ2v) is 5.36. The van der Waals surface area contributed by atoms with E-state index in [-0.39, 0.29) is 5.95 Å². The van der Waals surface area contributed by atoms with Gasteiger partial charge >= 0.3 is 6.18 Å². The third kappa shape index (κ3) is 3.17. The number of nitrogen functional groups attached to an aromatic ring is 1. The molecule has 0 aliphatic carbocycles. The number of nitrogens with zero attached hydrogens (tertiary/aromatic N) is 1. The summed E-state index contributed by atoms with van der Waals surface area (Å²) in [7, 11) is 0. The predicted octanol–water partition coefficient (Wildman–Crippen LogP) is 5.00. The lowest BCUT2D eigenvalue weighted by Crippen LogP contribution is -2.04. The Morgan fingerprint density at radius 1 is 0.913 bits per heavy atom. The number of aromatic amines is 1. The lowest BCUT2D eigenvalue weighted by Gasteiger charge is -2.08. The minimum absolute atomic E-state index is 0.185. The van der Waals surface area contributed by atoms with Gasteiger partial charge in [0, 0.05) is 16.1 Å². The number of hydrogen-bond donors (Lipinski definition) is 2. The van der Waals surface area contributed by atoms with E-state index in [0.29, 0.717) is 22.0 Å². The van der Waals surface area contributed by atoms with Crippen molar-refractivity contribution >= 4 is 17.5 Å². The van der Waals surface area contributed by atoms with Gasteiger partial charge in [-0.05, 0) is 24.3 Å². The highest BCUT2D eigenvalue weighted by atomic mass is 35.5. The first kappa shape index (κ1) is 15.4. The highest BCUT2D eigenvalue weighted by Crippen LogP contribution is 2.34. The third-order valence-corrected chi connectivity index (χ3v) is 3.59. The Morgan fingerprint density at radius 3 is 2.04 bits per heavy atom. The van der Waals surface area contributed by atoms with E-state index in [1.807, 2.05) is 0 Å². The maximum Gasteiger partial charge on any atom is 0.416 e. The molecule has 2 aromatic carbocycles. The average molecular weight is 338 g/mol. The molecule has 1 aromatic heterocycles. The Morgan fingerprint density at radius 2 is 1.48 bits per heavy atom. The van der Waals surface area contributed by atoms with Crippen molar-refractivity contribution in [2.45, 2.75) is 6.18 Å². The summed E-state index contributed by atoms with van der Waals surface area (Å²) < 4.78 is 38.0. The van der Waals surface area contributed by atoms with Gasteiger partial charge in [-0.15, -0.1) is 0 Å². The molecule has 0 unspecified atom stereocenters. The maximum atomic E-state index is 12.7. The van der Waals surface area contributed by atoms with Crippen molar-refractivity contribution in [1.29, 1.82) is 0 Å². The molecule has 23 heavy (non-hydrogen) atoms. The Labute approximate surface area is 134 Å². The molecule has 0 bridgehead atoms. The number of alkyl halides is 3. The first-order chi connectivity index (χ1) is 10.8. The third-order valence-electron chi connectivity index (χ3n) is 3.34. The topological polar surface area (TPSA) is 54.7 Å². The lowest BCUT2D eigenvalue weighted by molar-refractivity contribution is -0.137. The normalized spacial score (nSPS) is 11.7. The van der Waals surface area contributed by atoms with Crippen LogP contribution in [0.3, 0.4) is 0 Å². The van der Waals surface area contributed by atoms with Crippen LogP contribution in [-0.4, -0.2) is 9.97 Å². The number of H-pyrrole nitrogens is 1. The highest BCUT2D eigenvalue weighted by molar-refractivity contribution is 6.30. The van der Waals surface area contributed by atoms with Gasteiger partial charge in [-0.1, -0.05) is 35.9 Å². The molecule has 3 aromatic rings.